The molecule has 3 aromatic rings. The highest BCUT2D eigenvalue weighted by Crippen LogP contribution is 2.43. The van der Waals surface area contributed by atoms with Crippen LogP contribution in [0.1, 0.15) is 54.2 Å². The minimum Gasteiger partial charge on any atom is -0.307 e. The van der Waals surface area contributed by atoms with Crippen molar-refractivity contribution in [2.24, 2.45) is 0 Å². The largest absolute Gasteiger partial charge is 0.435 e. The van der Waals surface area contributed by atoms with Gasteiger partial charge in [0.1, 0.15) is 6.04 Å². The van der Waals surface area contributed by atoms with Crippen LogP contribution in [-0.2, 0) is 17.5 Å². The molecular weight excluding hydrogens is 395 g/mol. The molecule has 1 aliphatic carbocycles. The number of nitrogens with zero attached hydrogens (tertiary/aromatic N) is 4. The van der Waals surface area contributed by atoms with Gasteiger partial charge in [0.15, 0.2) is 11.5 Å². The Hall–Kier alpha value is -3.10. The van der Waals surface area contributed by atoms with Crippen molar-refractivity contribution in [2.75, 3.05) is 5.32 Å². The topological polar surface area (TPSA) is 64.7 Å². The smallest absolute Gasteiger partial charge is 0.307 e. The lowest BCUT2D eigenvalue weighted by Gasteiger charge is -2.15. The second-order valence-corrected chi connectivity index (χ2v) is 7.66. The first kappa shape index (κ1) is 20.2. The van der Waals surface area contributed by atoms with Crippen LogP contribution in [-0.4, -0.2) is 25.5 Å². The summed E-state index contributed by atoms with van der Waals surface area (Å²) in [6, 6.07) is 9.76. The molecule has 4 rings (SSSR count). The molecule has 1 fully saturated rings. The minimum absolute atomic E-state index is 0.0252. The summed E-state index contributed by atoms with van der Waals surface area (Å²) in [7, 11) is 0. The van der Waals surface area contributed by atoms with Gasteiger partial charge in [-0.3, -0.25) is 14.2 Å². The summed E-state index contributed by atoms with van der Waals surface area (Å²) in [4.78, 5) is 12.7. The number of rotatable bonds is 6. The first-order chi connectivity index (χ1) is 14.2. The van der Waals surface area contributed by atoms with Crippen LogP contribution in [0.4, 0.5) is 19.0 Å². The van der Waals surface area contributed by atoms with Gasteiger partial charge in [-0.15, -0.1) is 0 Å². The quantitative estimate of drug-likeness (QED) is 0.641. The number of benzene rings is 1. The van der Waals surface area contributed by atoms with Gasteiger partial charge in [0.2, 0.25) is 5.91 Å². The van der Waals surface area contributed by atoms with E-state index < -0.39 is 23.8 Å². The highest BCUT2D eigenvalue weighted by Gasteiger charge is 2.39. The molecule has 0 bridgehead atoms. The van der Waals surface area contributed by atoms with Crippen LogP contribution >= 0.6 is 0 Å². The molecule has 1 unspecified atom stereocenters. The summed E-state index contributed by atoms with van der Waals surface area (Å²) < 4.78 is 42.2. The van der Waals surface area contributed by atoms with E-state index in [9.17, 15) is 18.0 Å². The van der Waals surface area contributed by atoms with Crippen LogP contribution in [0.25, 0.3) is 0 Å². The molecule has 1 saturated carbocycles. The van der Waals surface area contributed by atoms with Gasteiger partial charge in [-0.1, -0.05) is 24.3 Å². The van der Waals surface area contributed by atoms with Crippen molar-refractivity contribution in [2.45, 2.75) is 51.4 Å². The molecule has 1 aromatic carbocycles. The maximum absolute atomic E-state index is 13.1. The Morgan fingerprint density at radius 2 is 1.97 bits per heavy atom. The number of aryl methyl sites for hydroxylation is 1. The van der Waals surface area contributed by atoms with E-state index in [4.69, 9.17) is 0 Å². The fourth-order valence-electron chi connectivity index (χ4n) is 3.36. The van der Waals surface area contributed by atoms with Crippen molar-refractivity contribution in [3.05, 3.63) is 65.1 Å². The molecule has 30 heavy (non-hydrogen) atoms. The molecule has 0 spiro atoms. The number of nitrogens with one attached hydrogen (secondary N) is 1. The van der Waals surface area contributed by atoms with Gasteiger partial charge in [0, 0.05) is 23.9 Å². The molecule has 1 amide bonds. The molecule has 2 heterocycles. The van der Waals surface area contributed by atoms with Gasteiger partial charge in [0.25, 0.3) is 0 Å². The Kier molecular flexibility index (Phi) is 5.13. The van der Waals surface area contributed by atoms with Gasteiger partial charge in [-0.05, 0) is 43.9 Å². The third kappa shape index (κ3) is 4.24. The van der Waals surface area contributed by atoms with E-state index in [1.165, 1.54) is 4.68 Å². The van der Waals surface area contributed by atoms with E-state index in [1.807, 2.05) is 31.2 Å². The summed E-state index contributed by atoms with van der Waals surface area (Å²) in [5.74, 6) is -0.0938. The zero-order valence-electron chi connectivity index (χ0n) is 16.6. The van der Waals surface area contributed by atoms with Crippen molar-refractivity contribution in [1.82, 2.24) is 19.6 Å². The molecular formula is C21H22F3N5O. The van der Waals surface area contributed by atoms with Crippen molar-refractivity contribution in [3.8, 4) is 0 Å². The molecule has 0 aliphatic heterocycles. The van der Waals surface area contributed by atoms with Crippen molar-refractivity contribution in [1.29, 1.82) is 0 Å². The zero-order valence-corrected chi connectivity index (χ0v) is 16.6. The summed E-state index contributed by atoms with van der Waals surface area (Å²) in [6.07, 6.45) is -1.18. The van der Waals surface area contributed by atoms with Crippen LogP contribution in [0.2, 0.25) is 0 Å². The third-order valence-corrected chi connectivity index (χ3v) is 5.28. The SMILES string of the molecule is Cc1ccccc1Cn1ccc(NC(=O)C(C)n2nc(C(F)(F)F)cc2C2CC2)n1. The number of hydrogen-bond donors (Lipinski definition) is 1. The first-order valence-electron chi connectivity index (χ1n) is 9.78. The van der Waals surface area contributed by atoms with E-state index in [-0.39, 0.29) is 5.92 Å². The Bertz CT molecular complexity index is 1060. The van der Waals surface area contributed by atoms with Crippen molar-refractivity contribution < 1.29 is 18.0 Å². The average Bonchev–Trinajstić information content (AvgIpc) is 3.27. The Labute approximate surface area is 171 Å². The van der Waals surface area contributed by atoms with Crippen LogP contribution in [0.3, 0.4) is 0 Å². The fourth-order valence-corrected chi connectivity index (χ4v) is 3.36. The number of carbonyl (C=O) groups excluding carboxylic acids is 1. The summed E-state index contributed by atoms with van der Waals surface area (Å²) in [5, 5.41) is 10.7. The Morgan fingerprint density at radius 1 is 1.23 bits per heavy atom. The molecule has 1 N–H and O–H groups in total. The standard InChI is InChI=1S/C21H22F3N5O/c1-13-5-3-4-6-16(13)12-28-10-9-19(27-28)25-20(30)14(2)29-17(15-7-8-15)11-18(26-29)21(22,23)24/h3-6,9-11,14-15H,7-8,12H2,1-2H3,(H,25,27,30). The first-order valence-corrected chi connectivity index (χ1v) is 9.78. The second kappa shape index (κ2) is 7.62. The van der Waals surface area contributed by atoms with Gasteiger partial charge >= 0.3 is 6.18 Å². The van der Waals surface area contributed by atoms with Gasteiger partial charge < -0.3 is 5.32 Å². The molecule has 1 atom stereocenters. The maximum atomic E-state index is 13.1. The molecule has 0 saturated heterocycles. The van der Waals surface area contributed by atoms with E-state index in [2.05, 4.69) is 15.5 Å². The highest BCUT2D eigenvalue weighted by molar-refractivity contribution is 5.92. The lowest BCUT2D eigenvalue weighted by Crippen LogP contribution is -2.26. The fraction of sp³-hybridized carbons (Fsp3) is 0.381. The van der Waals surface area contributed by atoms with E-state index >= 15 is 0 Å². The van der Waals surface area contributed by atoms with E-state index in [0.29, 0.717) is 18.1 Å². The monoisotopic (exact) mass is 417 g/mol. The second-order valence-electron chi connectivity index (χ2n) is 7.66. The molecule has 6 nitrogen and oxygen atoms in total. The average molecular weight is 417 g/mol. The van der Waals surface area contributed by atoms with E-state index in [1.54, 1.807) is 23.9 Å². The lowest BCUT2D eigenvalue weighted by molar-refractivity contribution is -0.141. The predicted octanol–water partition coefficient (Wildman–Crippen LogP) is 4.53. The number of carbonyl (C=O) groups is 1. The number of alkyl halides is 3. The van der Waals surface area contributed by atoms with Crippen molar-refractivity contribution in [3.63, 3.8) is 0 Å². The van der Waals surface area contributed by atoms with Crippen LogP contribution in [0, 0.1) is 6.92 Å². The van der Waals surface area contributed by atoms with Gasteiger partial charge in [0.05, 0.1) is 6.54 Å². The maximum Gasteiger partial charge on any atom is 0.435 e. The summed E-state index contributed by atoms with van der Waals surface area (Å²) in [6.45, 7) is 4.11. The summed E-state index contributed by atoms with van der Waals surface area (Å²) in [5.41, 5.74) is 1.73. The number of amides is 1. The Balaban J connectivity index is 1.48. The van der Waals surface area contributed by atoms with Crippen molar-refractivity contribution >= 4 is 11.7 Å². The number of hydrogen-bond acceptors (Lipinski definition) is 3. The number of halogens is 3. The number of aromatic nitrogens is 4. The Morgan fingerprint density at radius 3 is 2.63 bits per heavy atom. The summed E-state index contributed by atoms with van der Waals surface area (Å²) >= 11 is 0. The van der Waals surface area contributed by atoms with Gasteiger partial charge in [-0.2, -0.15) is 23.4 Å². The lowest BCUT2D eigenvalue weighted by atomic mass is 10.1. The highest BCUT2D eigenvalue weighted by atomic mass is 19.4. The molecule has 1 aliphatic rings. The molecule has 9 heteroatoms. The van der Waals surface area contributed by atoms with Crippen LogP contribution in [0.15, 0.2) is 42.6 Å². The molecule has 2 aromatic heterocycles. The van der Waals surface area contributed by atoms with Crippen LogP contribution in [0.5, 0.6) is 0 Å². The van der Waals surface area contributed by atoms with Crippen LogP contribution < -0.4 is 5.32 Å². The third-order valence-electron chi connectivity index (χ3n) is 5.28. The predicted molar refractivity (Wildman–Crippen MR) is 105 cm³/mol. The van der Waals surface area contributed by atoms with E-state index in [0.717, 1.165) is 30.0 Å². The minimum atomic E-state index is -4.54. The molecule has 0 radical (unpaired) electrons. The zero-order chi connectivity index (χ0) is 21.5. The normalized spacial score (nSPS) is 15.2. The molecule has 158 valence electrons. The van der Waals surface area contributed by atoms with Gasteiger partial charge in [-0.25, -0.2) is 0 Å². The number of anilines is 1.